The zero-order valence-electron chi connectivity index (χ0n) is 7.52. The highest BCUT2D eigenvalue weighted by atomic mass is 79.9. The number of nitrogens with zero attached hydrogens (tertiary/aromatic N) is 2. The van der Waals surface area contributed by atoms with Crippen molar-refractivity contribution in [2.75, 3.05) is 0 Å². The molecule has 0 bridgehead atoms. The van der Waals surface area contributed by atoms with Crippen molar-refractivity contribution in [1.29, 1.82) is 0 Å². The quantitative estimate of drug-likeness (QED) is 0.889. The highest BCUT2D eigenvalue weighted by Crippen LogP contribution is 2.18. The molecule has 0 saturated heterocycles. The second kappa shape index (κ2) is 3.94. The lowest BCUT2D eigenvalue weighted by Crippen LogP contribution is -2.04. The van der Waals surface area contributed by atoms with Gasteiger partial charge in [-0.05, 0) is 29.8 Å². The predicted molar refractivity (Wildman–Crippen MR) is 59.2 cm³/mol. The molecule has 3 nitrogen and oxygen atoms in total. The third kappa shape index (κ3) is 1.71. The maximum atomic E-state index is 5.66. The smallest absolute Gasteiger partial charge is 0.0691 e. The summed E-state index contributed by atoms with van der Waals surface area (Å²) in [6, 6.07) is 7.88. The van der Waals surface area contributed by atoms with Crippen molar-refractivity contribution in [2.24, 2.45) is 5.73 Å². The van der Waals surface area contributed by atoms with Crippen LogP contribution < -0.4 is 5.73 Å². The van der Waals surface area contributed by atoms with E-state index in [0.717, 1.165) is 15.7 Å². The highest BCUT2D eigenvalue weighted by Gasteiger charge is 2.03. The number of hydrogen-bond acceptors (Lipinski definition) is 2. The molecule has 2 N–H and O–H groups in total. The minimum absolute atomic E-state index is 0.509. The van der Waals surface area contributed by atoms with E-state index in [1.54, 1.807) is 6.20 Å². The Bertz CT molecular complexity index is 423. The van der Waals surface area contributed by atoms with E-state index in [1.165, 1.54) is 0 Å². The Balaban J connectivity index is 2.53. The number of rotatable bonds is 2. The monoisotopic (exact) mass is 251 g/mol. The third-order valence-electron chi connectivity index (χ3n) is 2.01. The summed E-state index contributed by atoms with van der Waals surface area (Å²) in [5.74, 6) is 0. The van der Waals surface area contributed by atoms with Crippen LogP contribution in [0.3, 0.4) is 0 Å². The fraction of sp³-hybridized carbons (Fsp3) is 0.100. The van der Waals surface area contributed by atoms with Crippen LogP contribution in [0, 0.1) is 0 Å². The van der Waals surface area contributed by atoms with Crippen LogP contribution in [0.4, 0.5) is 0 Å². The molecule has 0 amide bonds. The zero-order chi connectivity index (χ0) is 9.97. The molecule has 14 heavy (non-hydrogen) atoms. The standard InChI is InChI=1S/C10H10BrN3/c11-9-2-3-10(8(6-9)7-12)14-5-1-4-13-14/h1-6H,7,12H2. The number of aromatic nitrogens is 2. The molecular weight excluding hydrogens is 242 g/mol. The van der Waals surface area contributed by atoms with Gasteiger partial charge in [0.25, 0.3) is 0 Å². The van der Waals surface area contributed by atoms with Crippen LogP contribution in [-0.4, -0.2) is 9.78 Å². The molecule has 4 heteroatoms. The number of hydrogen-bond donors (Lipinski definition) is 1. The normalized spacial score (nSPS) is 10.4. The molecule has 0 fully saturated rings. The minimum Gasteiger partial charge on any atom is -0.326 e. The van der Waals surface area contributed by atoms with Crippen molar-refractivity contribution in [3.05, 3.63) is 46.7 Å². The van der Waals surface area contributed by atoms with Crippen LogP contribution in [-0.2, 0) is 6.54 Å². The summed E-state index contributed by atoms with van der Waals surface area (Å²) in [5.41, 5.74) is 7.76. The Morgan fingerprint density at radius 3 is 2.93 bits per heavy atom. The summed E-state index contributed by atoms with van der Waals surface area (Å²) in [6.45, 7) is 0.509. The van der Waals surface area contributed by atoms with Crippen LogP contribution in [0.2, 0.25) is 0 Å². The second-order valence-electron chi connectivity index (χ2n) is 2.93. The first-order chi connectivity index (χ1) is 6.81. The minimum atomic E-state index is 0.509. The van der Waals surface area contributed by atoms with Crippen LogP contribution in [0.1, 0.15) is 5.56 Å². The fourth-order valence-electron chi connectivity index (χ4n) is 1.35. The molecule has 1 aromatic heterocycles. The molecule has 0 unspecified atom stereocenters. The van der Waals surface area contributed by atoms with Gasteiger partial charge < -0.3 is 5.73 Å². The number of halogens is 1. The molecule has 0 aliphatic heterocycles. The summed E-state index contributed by atoms with van der Waals surface area (Å²) in [6.07, 6.45) is 3.66. The van der Waals surface area contributed by atoms with Gasteiger partial charge in [-0.2, -0.15) is 5.10 Å². The summed E-state index contributed by atoms with van der Waals surface area (Å²) >= 11 is 3.42. The molecular formula is C10H10BrN3. The van der Waals surface area contributed by atoms with Crippen molar-refractivity contribution >= 4 is 15.9 Å². The topological polar surface area (TPSA) is 43.8 Å². The molecule has 0 radical (unpaired) electrons. The van der Waals surface area contributed by atoms with Gasteiger partial charge in [0.2, 0.25) is 0 Å². The third-order valence-corrected chi connectivity index (χ3v) is 2.51. The van der Waals surface area contributed by atoms with Crippen molar-refractivity contribution in [1.82, 2.24) is 9.78 Å². The van der Waals surface area contributed by atoms with E-state index in [1.807, 2.05) is 35.1 Å². The van der Waals surface area contributed by atoms with Crippen molar-refractivity contribution in [2.45, 2.75) is 6.54 Å². The number of benzene rings is 1. The summed E-state index contributed by atoms with van der Waals surface area (Å²) < 4.78 is 2.85. The van der Waals surface area contributed by atoms with Gasteiger partial charge >= 0.3 is 0 Å². The number of nitrogens with two attached hydrogens (primary N) is 1. The molecule has 0 aliphatic rings. The molecule has 0 saturated carbocycles. The maximum Gasteiger partial charge on any atom is 0.0691 e. The van der Waals surface area contributed by atoms with E-state index in [-0.39, 0.29) is 0 Å². The Kier molecular flexibility index (Phi) is 2.65. The maximum absolute atomic E-state index is 5.66. The van der Waals surface area contributed by atoms with Gasteiger partial charge in [0.05, 0.1) is 5.69 Å². The molecule has 2 aromatic rings. The molecule has 2 rings (SSSR count). The van der Waals surface area contributed by atoms with Crippen LogP contribution in [0.5, 0.6) is 0 Å². The fourth-order valence-corrected chi connectivity index (χ4v) is 1.76. The average molecular weight is 252 g/mol. The van der Waals surface area contributed by atoms with Gasteiger partial charge in [-0.1, -0.05) is 15.9 Å². The lowest BCUT2D eigenvalue weighted by Gasteiger charge is -2.07. The van der Waals surface area contributed by atoms with E-state index in [4.69, 9.17) is 5.73 Å². The Labute approximate surface area is 90.7 Å². The lowest BCUT2D eigenvalue weighted by atomic mass is 10.2. The first kappa shape index (κ1) is 9.43. The SMILES string of the molecule is NCc1cc(Br)ccc1-n1cccn1. The van der Waals surface area contributed by atoms with Gasteiger partial charge in [-0.25, -0.2) is 4.68 Å². The Morgan fingerprint density at radius 2 is 2.29 bits per heavy atom. The van der Waals surface area contributed by atoms with E-state index < -0.39 is 0 Å². The molecule has 0 atom stereocenters. The van der Waals surface area contributed by atoms with E-state index in [9.17, 15) is 0 Å². The summed E-state index contributed by atoms with van der Waals surface area (Å²) in [7, 11) is 0. The molecule has 0 aliphatic carbocycles. The first-order valence-corrected chi connectivity index (χ1v) is 5.09. The zero-order valence-corrected chi connectivity index (χ0v) is 9.11. The van der Waals surface area contributed by atoms with Gasteiger partial charge in [-0.3, -0.25) is 0 Å². The van der Waals surface area contributed by atoms with Crippen LogP contribution >= 0.6 is 15.9 Å². The van der Waals surface area contributed by atoms with Gasteiger partial charge in [0, 0.05) is 23.4 Å². The van der Waals surface area contributed by atoms with E-state index in [2.05, 4.69) is 21.0 Å². The van der Waals surface area contributed by atoms with Gasteiger partial charge in [-0.15, -0.1) is 0 Å². The predicted octanol–water partition coefficient (Wildman–Crippen LogP) is 2.09. The van der Waals surface area contributed by atoms with Gasteiger partial charge in [0.1, 0.15) is 0 Å². The van der Waals surface area contributed by atoms with Crippen LogP contribution in [0.15, 0.2) is 41.1 Å². The Hall–Kier alpha value is -1.13. The second-order valence-corrected chi connectivity index (χ2v) is 3.84. The first-order valence-electron chi connectivity index (χ1n) is 4.30. The molecule has 1 aromatic carbocycles. The molecule has 72 valence electrons. The largest absolute Gasteiger partial charge is 0.326 e. The summed E-state index contributed by atoms with van der Waals surface area (Å²) in [4.78, 5) is 0. The van der Waals surface area contributed by atoms with Crippen LogP contribution in [0.25, 0.3) is 5.69 Å². The van der Waals surface area contributed by atoms with Crippen molar-refractivity contribution < 1.29 is 0 Å². The van der Waals surface area contributed by atoms with Gasteiger partial charge in [0.15, 0.2) is 0 Å². The highest BCUT2D eigenvalue weighted by molar-refractivity contribution is 9.10. The lowest BCUT2D eigenvalue weighted by molar-refractivity contribution is 0.858. The Morgan fingerprint density at radius 1 is 1.43 bits per heavy atom. The molecule has 1 heterocycles. The van der Waals surface area contributed by atoms with E-state index in [0.29, 0.717) is 6.54 Å². The summed E-state index contributed by atoms with van der Waals surface area (Å²) in [5, 5.41) is 4.17. The van der Waals surface area contributed by atoms with E-state index >= 15 is 0 Å². The molecule has 0 spiro atoms. The van der Waals surface area contributed by atoms with Crippen molar-refractivity contribution in [3.63, 3.8) is 0 Å². The average Bonchev–Trinajstić information content (AvgIpc) is 2.70. The van der Waals surface area contributed by atoms with Crippen molar-refractivity contribution in [3.8, 4) is 5.69 Å².